The third-order valence-corrected chi connectivity index (χ3v) is 13.7. The van der Waals surface area contributed by atoms with E-state index in [4.69, 9.17) is 6.57 Å². The Morgan fingerprint density at radius 3 is 1.19 bits per heavy atom. The molecule has 9 aromatic rings. The molecule has 0 bridgehead atoms. The summed E-state index contributed by atoms with van der Waals surface area (Å²) in [5.74, 6) is 0. The molecule has 67 heavy (non-hydrogen) atoms. The zero-order valence-corrected chi connectivity index (χ0v) is 41.1. The van der Waals surface area contributed by atoms with Crippen molar-refractivity contribution in [3.05, 3.63) is 172 Å². The van der Waals surface area contributed by atoms with Gasteiger partial charge in [0.1, 0.15) is 0 Å². The molecule has 9 rings (SSSR count). The summed E-state index contributed by atoms with van der Waals surface area (Å²) in [5.41, 5.74) is 13.6. The first kappa shape index (κ1) is 45.6. The second kappa shape index (κ2) is 15.5. The van der Waals surface area contributed by atoms with E-state index in [9.17, 15) is 13.2 Å². The number of fused-ring (bicyclic) bond motifs is 6. The molecular weight excluding hydrogens is 832 g/mol. The highest BCUT2D eigenvalue weighted by molar-refractivity contribution is 6.13. The van der Waals surface area contributed by atoms with Crippen LogP contribution in [0.1, 0.15) is 116 Å². The van der Waals surface area contributed by atoms with Crippen molar-refractivity contribution in [2.24, 2.45) is 0 Å². The van der Waals surface area contributed by atoms with E-state index in [1.54, 1.807) is 13.0 Å². The minimum atomic E-state index is -4.47. The topological polar surface area (TPSA) is 14.2 Å². The van der Waals surface area contributed by atoms with Crippen molar-refractivity contribution in [1.82, 2.24) is 9.13 Å². The van der Waals surface area contributed by atoms with E-state index in [1.807, 2.05) is 18.2 Å². The summed E-state index contributed by atoms with van der Waals surface area (Å²) in [7, 11) is 0. The van der Waals surface area contributed by atoms with Gasteiger partial charge in [-0.2, -0.15) is 13.2 Å². The van der Waals surface area contributed by atoms with Gasteiger partial charge < -0.3 is 9.13 Å². The number of alkyl halides is 3. The highest BCUT2D eigenvalue weighted by atomic mass is 19.4. The van der Waals surface area contributed by atoms with Gasteiger partial charge in [0, 0.05) is 32.8 Å². The quantitative estimate of drug-likeness (QED) is 0.156. The fourth-order valence-electron chi connectivity index (χ4n) is 9.78. The number of hydrogen-bond donors (Lipinski definition) is 0. The number of aryl methyl sites for hydroxylation is 1. The Balaban J connectivity index is 1.43. The number of halogens is 3. The van der Waals surface area contributed by atoms with Crippen molar-refractivity contribution in [3.63, 3.8) is 0 Å². The van der Waals surface area contributed by atoms with Crippen LogP contribution in [0.4, 0.5) is 18.9 Å². The van der Waals surface area contributed by atoms with Crippen LogP contribution >= 0.6 is 0 Å². The SMILES string of the molecule is [C-]#[N+]c1cccc(-n2c3ccc(C(C)(C)C)cc3c3cc(C(C)(C)C)ccc32)c1-c1cc(-c2ccc(C(F)(F)F)cc2C)ccc1-n1c2ccc(C(C)(C)C)cc2c2cc(C(C)(C)C)ccc21. The largest absolute Gasteiger partial charge is 0.416 e. The Morgan fingerprint density at radius 2 is 0.821 bits per heavy atom. The molecule has 0 aliphatic carbocycles. The maximum Gasteiger partial charge on any atom is 0.416 e. The monoisotopic (exact) mass is 891 g/mol. The van der Waals surface area contributed by atoms with Crippen LogP contribution in [0.5, 0.6) is 0 Å². The van der Waals surface area contributed by atoms with E-state index in [-0.39, 0.29) is 21.7 Å². The van der Waals surface area contributed by atoms with Gasteiger partial charge >= 0.3 is 6.18 Å². The number of aromatic nitrogens is 2. The normalized spacial score (nSPS) is 13.1. The summed E-state index contributed by atoms with van der Waals surface area (Å²) in [6.07, 6.45) is -4.47. The van der Waals surface area contributed by atoms with Crippen LogP contribution < -0.4 is 0 Å². The van der Waals surface area contributed by atoms with Crippen molar-refractivity contribution < 1.29 is 13.2 Å². The van der Waals surface area contributed by atoms with Crippen LogP contribution in [-0.2, 0) is 27.8 Å². The first-order valence-electron chi connectivity index (χ1n) is 23.3. The van der Waals surface area contributed by atoms with Crippen LogP contribution in [0.3, 0.4) is 0 Å². The molecule has 3 nitrogen and oxygen atoms in total. The minimum absolute atomic E-state index is 0.0885. The molecule has 340 valence electrons. The summed E-state index contributed by atoms with van der Waals surface area (Å²) in [4.78, 5) is 4.26. The second-order valence-electron chi connectivity index (χ2n) is 22.6. The van der Waals surface area contributed by atoms with Gasteiger partial charge in [0.05, 0.1) is 39.9 Å². The average Bonchev–Trinajstić information content (AvgIpc) is 3.75. The lowest BCUT2D eigenvalue weighted by Crippen LogP contribution is -2.10. The number of nitrogens with zero attached hydrogens (tertiary/aromatic N) is 3. The number of rotatable bonds is 4. The summed E-state index contributed by atoms with van der Waals surface area (Å²) in [6, 6.07) is 43.2. The molecule has 0 saturated carbocycles. The fourth-order valence-corrected chi connectivity index (χ4v) is 9.78. The van der Waals surface area contributed by atoms with E-state index in [1.165, 1.54) is 28.3 Å². The van der Waals surface area contributed by atoms with Gasteiger partial charge in [-0.15, -0.1) is 0 Å². The molecule has 2 heterocycles. The molecule has 0 radical (unpaired) electrons. The van der Waals surface area contributed by atoms with Crippen molar-refractivity contribution in [2.75, 3.05) is 0 Å². The smallest absolute Gasteiger partial charge is 0.310 e. The van der Waals surface area contributed by atoms with Gasteiger partial charge in [0.2, 0.25) is 0 Å². The molecule has 0 aliphatic heterocycles. The van der Waals surface area contributed by atoms with E-state index in [0.717, 1.165) is 77.7 Å². The van der Waals surface area contributed by atoms with Crippen molar-refractivity contribution in [2.45, 2.75) is 118 Å². The van der Waals surface area contributed by atoms with Gasteiger partial charge in [-0.25, -0.2) is 4.85 Å². The molecule has 0 amide bonds. The Labute approximate surface area is 393 Å². The summed E-state index contributed by atoms with van der Waals surface area (Å²) in [5, 5.41) is 4.53. The average molecular weight is 892 g/mol. The highest BCUT2D eigenvalue weighted by Gasteiger charge is 2.31. The predicted molar refractivity (Wildman–Crippen MR) is 277 cm³/mol. The zero-order chi connectivity index (χ0) is 48.3. The molecule has 0 unspecified atom stereocenters. The van der Waals surface area contributed by atoms with E-state index < -0.39 is 11.7 Å². The zero-order valence-electron chi connectivity index (χ0n) is 41.1. The molecule has 0 spiro atoms. The minimum Gasteiger partial charge on any atom is -0.310 e. The molecule has 7 aromatic carbocycles. The van der Waals surface area contributed by atoms with Crippen LogP contribution in [-0.4, -0.2) is 9.13 Å². The molecule has 0 saturated heterocycles. The van der Waals surface area contributed by atoms with Crippen LogP contribution in [0, 0.1) is 13.5 Å². The predicted octanol–water partition coefficient (Wildman–Crippen LogP) is 18.3. The lowest BCUT2D eigenvalue weighted by molar-refractivity contribution is -0.137. The third-order valence-electron chi connectivity index (χ3n) is 13.7. The third kappa shape index (κ3) is 7.91. The summed E-state index contributed by atoms with van der Waals surface area (Å²) >= 11 is 0. The molecule has 0 N–H and O–H groups in total. The maximum atomic E-state index is 14.0. The van der Waals surface area contributed by atoms with E-state index >= 15 is 0 Å². The first-order valence-corrected chi connectivity index (χ1v) is 23.3. The first-order chi connectivity index (χ1) is 31.3. The van der Waals surface area contributed by atoms with Crippen molar-refractivity contribution in [3.8, 4) is 33.6 Å². The van der Waals surface area contributed by atoms with Gasteiger partial charge in [-0.1, -0.05) is 132 Å². The second-order valence-corrected chi connectivity index (χ2v) is 22.6. The van der Waals surface area contributed by atoms with Gasteiger partial charge in [-0.05, 0) is 152 Å². The van der Waals surface area contributed by atoms with Crippen LogP contribution in [0.2, 0.25) is 0 Å². The van der Waals surface area contributed by atoms with Crippen molar-refractivity contribution >= 4 is 49.3 Å². The Kier molecular flexibility index (Phi) is 10.5. The summed E-state index contributed by atoms with van der Waals surface area (Å²) in [6.45, 7) is 37.4. The summed E-state index contributed by atoms with van der Waals surface area (Å²) < 4.78 is 46.8. The Bertz CT molecular complexity index is 3360. The van der Waals surface area contributed by atoms with Crippen molar-refractivity contribution in [1.29, 1.82) is 0 Å². The maximum absolute atomic E-state index is 14.0. The number of benzene rings is 7. The molecule has 6 heteroatoms. The molecular formula is C61H60F3N3. The molecule has 0 aliphatic rings. The molecule has 2 aromatic heterocycles. The highest BCUT2D eigenvalue weighted by Crippen LogP contribution is 2.48. The fraction of sp³-hybridized carbons (Fsp3) is 0.295. The lowest BCUT2D eigenvalue weighted by Gasteiger charge is -2.22. The van der Waals surface area contributed by atoms with Crippen LogP contribution in [0.25, 0.3) is 82.1 Å². The lowest BCUT2D eigenvalue weighted by atomic mass is 9.85. The van der Waals surface area contributed by atoms with E-state index in [0.29, 0.717) is 16.8 Å². The standard InChI is InChI=1S/C61H60F3N3/c1-36-30-42(61(62,63)64)19-24-43(36)37-18-25-54(66-50-26-20-38(57(2,3)4)32-44(50)45-33-39(58(5,6)7)21-27-51(45)66)48(31-37)56-49(65-14)16-15-17-55(56)67-52-28-22-40(59(8,9)10)34-46(52)47-35-41(60(11,12)13)23-29-53(47)67/h15-35H,1-13H3. The van der Waals surface area contributed by atoms with Gasteiger partial charge in [-0.3, -0.25) is 0 Å². The Hall–Kier alpha value is -6.58. The Morgan fingerprint density at radius 1 is 0.418 bits per heavy atom. The molecule has 0 fully saturated rings. The molecule has 0 atom stereocenters. The van der Waals surface area contributed by atoms with Gasteiger partial charge in [0.25, 0.3) is 0 Å². The van der Waals surface area contributed by atoms with Gasteiger partial charge in [0.15, 0.2) is 5.69 Å². The van der Waals surface area contributed by atoms with Crippen LogP contribution in [0.15, 0.2) is 127 Å². The van der Waals surface area contributed by atoms with E-state index in [2.05, 4.69) is 188 Å². The number of hydrogen-bond acceptors (Lipinski definition) is 0.